The number of aromatic nitrogens is 3. The van der Waals surface area contributed by atoms with Crippen molar-refractivity contribution >= 4 is 39.9 Å². The van der Waals surface area contributed by atoms with Crippen LogP contribution in [0, 0.1) is 6.92 Å². The third kappa shape index (κ3) is 3.98. The number of fused-ring (bicyclic) bond motifs is 3. The van der Waals surface area contributed by atoms with Gasteiger partial charge in [-0.15, -0.1) is 10.2 Å². The SMILES string of the molecule is Cc1cc2nnc(SCC(=O)Nc3ccc(C(C)(C)C)cc3)n2c2ccccc12. The first-order valence-corrected chi connectivity index (χ1v) is 10.6. The summed E-state index contributed by atoms with van der Waals surface area (Å²) in [5.41, 5.74) is 5.13. The van der Waals surface area contributed by atoms with Gasteiger partial charge in [0.2, 0.25) is 5.91 Å². The average molecular weight is 405 g/mol. The van der Waals surface area contributed by atoms with E-state index < -0.39 is 0 Å². The molecule has 0 unspecified atom stereocenters. The van der Waals surface area contributed by atoms with Crippen LogP contribution >= 0.6 is 11.8 Å². The van der Waals surface area contributed by atoms with E-state index in [2.05, 4.69) is 67.5 Å². The normalized spacial score (nSPS) is 11.9. The molecule has 0 bridgehead atoms. The van der Waals surface area contributed by atoms with Gasteiger partial charge in [-0.2, -0.15) is 0 Å². The van der Waals surface area contributed by atoms with Gasteiger partial charge in [0.05, 0.1) is 11.3 Å². The number of aryl methyl sites for hydroxylation is 1. The number of nitrogens with zero attached hydrogens (tertiary/aromatic N) is 3. The Hall–Kier alpha value is -2.86. The lowest BCUT2D eigenvalue weighted by atomic mass is 9.87. The van der Waals surface area contributed by atoms with Crippen LogP contribution in [0.15, 0.2) is 59.8 Å². The van der Waals surface area contributed by atoms with Crippen LogP contribution in [0.2, 0.25) is 0 Å². The molecule has 0 saturated heterocycles. The summed E-state index contributed by atoms with van der Waals surface area (Å²) in [5, 5.41) is 13.4. The second-order valence-electron chi connectivity index (χ2n) is 8.18. The lowest BCUT2D eigenvalue weighted by Crippen LogP contribution is -2.15. The minimum Gasteiger partial charge on any atom is -0.325 e. The van der Waals surface area contributed by atoms with Crippen molar-refractivity contribution in [3.8, 4) is 0 Å². The number of para-hydroxylation sites is 1. The quantitative estimate of drug-likeness (QED) is 0.474. The fourth-order valence-corrected chi connectivity index (χ4v) is 4.10. The van der Waals surface area contributed by atoms with Crippen LogP contribution in [0.4, 0.5) is 5.69 Å². The van der Waals surface area contributed by atoms with E-state index in [1.165, 1.54) is 17.3 Å². The zero-order valence-electron chi connectivity index (χ0n) is 17.1. The van der Waals surface area contributed by atoms with Gasteiger partial charge in [0.1, 0.15) is 0 Å². The number of thioether (sulfide) groups is 1. The molecule has 0 aliphatic carbocycles. The summed E-state index contributed by atoms with van der Waals surface area (Å²) in [7, 11) is 0. The third-order valence-corrected chi connectivity index (χ3v) is 5.87. The Kier molecular flexibility index (Phi) is 5.04. The van der Waals surface area contributed by atoms with Gasteiger partial charge in [-0.25, -0.2) is 0 Å². The third-order valence-electron chi connectivity index (χ3n) is 4.94. The number of anilines is 1. The summed E-state index contributed by atoms with van der Waals surface area (Å²) in [4.78, 5) is 12.5. The van der Waals surface area contributed by atoms with Crippen LogP contribution in [0.3, 0.4) is 0 Å². The van der Waals surface area contributed by atoms with Gasteiger partial charge in [0.25, 0.3) is 0 Å². The Balaban J connectivity index is 1.50. The summed E-state index contributed by atoms with van der Waals surface area (Å²) in [5.74, 6) is 0.205. The van der Waals surface area contributed by atoms with E-state index in [1.54, 1.807) is 0 Å². The maximum atomic E-state index is 12.5. The fraction of sp³-hybridized carbons (Fsp3) is 0.261. The number of pyridine rings is 1. The number of nitrogens with one attached hydrogen (secondary N) is 1. The van der Waals surface area contributed by atoms with Crippen LogP contribution < -0.4 is 5.32 Å². The van der Waals surface area contributed by atoms with E-state index in [0.717, 1.165) is 33.0 Å². The highest BCUT2D eigenvalue weighted by Gasteiger charge is 2.15. The number of rotatable bonds is 4. The Morgan fingerprint density at radius 1 is 1.07 bits per heavy atom. The molecule has 2 aromatic heterocycles. The molecule has 0 atom stereocenters. The minimum absolute atomic E-state index is 0.0633. The second-order valence-corrected chi connectivity index (χ2v) is 9.13. The van der Waals surface area contributed by atoms with Gasteiger partial charge < -0.3 is 5.32 Å². The number of carbonyl (C=O) groups is 1. The smallest absolute Gasteiger partial charge is 0.234 e. The van der Waals surface area contributed by atoms with Crippen LogP contribution in [-0.2, 0) is 10.2 Å². The summed E-state index contributed by atoms with van der Waals surface area (Å²) < 4.78 is 2.01. The van der Waals surface area contributed by atoms with Crippen molar-refractivity contribution in [2.45, 2.75) is 38.3 Å². The number of carbonyl (C=O) groups excluding carboxylic acids is 1. The minimum atomic E-state index is -0.0633. The second kappa shape index (κ2) is 7.52. The average Bonchev–Trinajstić information content (AvgIpc) is 3.09. The van der Waals surface area contributed by atoms with Gasteiger partial charge >= 0.3 is 0 Å². The van der Waals surface area contributed by atoms with Gasteiger partial charge in [0, 0.05) is 11.1 Å². The molecule has 1 N–H and O–H groups in total. The van der Waals surface area contributed by atoms with E-state index >= 15 is 0 Å². The van der Waals surface area contributed by atoms with Gasteiger partial charge in [-0.3, -0.25) is 9.20 Å². The van der Waals surface area contributed by atoms with Crippen LogP contribution in [0.5, 0.6) is 0 Å². The van der Waals surface area contributed by atoms with E-state index in [4.69, 9.17) is 0 Å². The molecule has 5 nitrogen and oxygen atoms in total. The molecule has 148 valence electrons. The van der Waals surface area contributed by atoms with Crippen LogP contribution in [0.25, 0.3) is 16.6 Å². The van der Waals surface area contributed by atoms with Gasteiger partial charge in [-0.1, -0.05) is 62.9 Å². The Morgan fingerprint density at radius 2 is 1.79 bits per heavy atom. The first kappa shape index (κ1) is 19.5. The topological polar surface area (TPSA) is 59.3 Å². The van der Waals surface area contributed by atoms with E-state index in [0.29, 0.717) is 0 Å². The Morgan fingerprint density at radius 3 is 2.52 bits per heavy atom. The molecule has 4 aromatic rings. The lowest BCUT2D eigenvalue weighted by Gasteiger charge is -2.19. The molecular formula is C23H24N4OS. The molecule has 0 saturated carbocycles. The van der Waals surface area contributed by atoms with Crippen molar-refractivity contribution in [3.05, 3.63) is 65.7 Å². The molecule has 0 aliphatic rings. The lowest BCUT2D eigenvalue weighted by molar-refractivity contribution is -0.113. The van der Waals surface area contributed by atoms with Crippen molar-refractivity contribution in [1.82, 2.24) is 14.6 Å². The van der Waals surface area contributed by atoms with Crippen LogP contribution in [-0.4, -0.2) is 26.3 Å². The highest BCUT2D eigenvalue weighted by atomic mass is 32.2. The van der Waals surface area contributed by atoms with Crippen molar-refractivity contribution in [2.75, 3.05) is 11.1 Å². The van der Waals surface area contributed by atoms with Crippen molar-refractivity contribution < 1.29 is 4.79 Å². The Labute approximate surface area is 174 Å². The van der Waals surface area contributed by atoms with Gasteiger partial charge in [-0.05, 0) is 47.7 Å². The molecular weight excluding hydrogens is 380 g/mol. The molecule has 29 heavy (non-hydrogen) atoms. The molecule has 6 heteroatoms. The molecule has 0 fully saturated rings. The zero-order chi connectivity index (χ0) is 20.6. The predicted octanol–water partition coefficient (Wildman–Crippen LogP) is 5.22. The monoisotopic (exact) mass is 404 g/mol. The zero-order valence-corrected chi connectivity index (χ0v) is 17.9. The number of hydrogen-bond donors (Lipinski definition) is 1. The molecule has 0 aliphatic heterocycles. The number of benzene rings is 2. The summed E-state index contributed by atoms with van der Waals surface area (Å²) in [6, 6.07) is 18.2. The first-order valence-electron chi connectivity index (χ1n) is 9.59. The standard InChI is InChI=1S/C23H24N4OS/c1-15-13-20-25-26-22(27(20)19-8-6-5-7-18(15)19)29-14-21(28)24-17-11-9-16(10-12-17)23(2,3)4/h5-13H,14H2,1-4H3,(H,24,28). The molecule has 0 radical (unpaired) electrons. The van der Waals surface area contributed by atoms with E-state index in [9.17, 15) is 4.79 Å². The van der Waals surface area contributed by atoms with Crippen molar-refractivity contribution in [1.29, 1.82) is 0 Å². The molecule has 0 spiro atoms. The maximum absolute atomic E-state index is 12.5. The summed E-state index contributed by atoms with van der Waals surface area (Å²) in [6.07, 6.45) is 0. The number of amides is 1. The number of hydrogen-bond acceptors (Lipinski definition) is 4. The molecule has 2 heterocycles. The maximum Gasteiger partial charge on any atom is 0.234 e. The van der Waals surface area contributed by atoms with Crippen LogP contribution in [0.1, 0.15) is 31.9 Å². The first-order chi connectivity index (χ1) is 13.8. The molecule has 2 aromatic carbocycles. The summed E-state index contributed by atoms with van der Waals surface area (Å²) >= 11 is 1.39. The van der Waals surface area contributed by atoms with Crippen molar-refractivity contribution in [2.24, 2.45) is 0 Å². The molecule has 4 rings (SSSR count). The highest BCUT2D eigenvalue weighted by Crippen LogP contribution is 2.26. The van der Waals surface area contributed by atoms with E-state index in [1.807, 2.05) is 34.7 Å². The van der Waals surface area contributed by atoms with Crippen molar-refractivity contribution in [3.63, 3.8) is 0 Å². The highest BCUT2D eigenvalue weighted by molar-refractivity contribution is 7.99. The Bertz CT molecular complexity index is 1190. The fourth-order valence-electron chi connectivity index (χ4n) is 3.35. The molecule has 1 amide bonds. The van der Waals surface area contributed by atoms with Gasteiger partial charge in [0.15, 0.2) is 10.8 Å². The largest absolute Gasteiger partial charge is 0.325 e. The predicted molar refractivity (Wildman–Crippen MR) is 120 cm³/mol. The van der Waals surface area contributed by atoms with E-state index in [-0.39, 0.29) is 17.1 Å². The summed E-state index contributed by atoms with van der Waals surface area (Å²) in [6.45, 7) is 8.59.